The van der Waals surface area contributed by atoms with Gasteiger partial charge in [-0.1, -0.05) is 66.7 Å². The van der Waals surface area contributed by atoms with Crippen molar-refractivity contribution in [2.75, 3.05) is 13.1 Å². The summed E-state index contributed by atoms with van der Waals surface area (Å²) in [5, 5.41) is 14.3. The molecule has 4 rings (SSSR count). The van der Waals surface area contributed by atoms with Gasteiger partial charge >= 0.3 is 0 Å². The molecule has 0 spiro atoms. The number of nitrogens with zero attached hydrogens (tertiary/aromatic N) is 2. The maximum absolute atomic E-state index is 9.95. The number of aliphatic hydroxyl groups excluding tert-OH is 1. The molecule has 0 fully saturated rings. The molecular formula is C22H24N2O2. The van der Waals surface area contributed by atoms with Crippen LogP contribution in [0.25, 0.3) is 22.4 Å². The van der Waals surface area contributed by atoms with Crippen molar-refractivity contribution in [1.29, 1.82) is 0 Å². The van der Waals surface area contributed by atoms with Crippen LogP contribution in [0, 0.1) is 0 Å². The fraction of sp³-hybridized carbons (Fsp3) is 0.318. The van der Waals surface area contributed by atoms with Gasteiger partial charge in [0.15, 0.2) is 0 Å². The van der Waals surface area contributed by atoms with Crippen molar-refractivity contribution in [2.45, 2.75) is 32.4 Å². The molecule has 2 heterocycles. The molecule has 26 heavy (non-hydrogen) atoms. The Morgan fingerprint density at radius 3 is 2.46 bits per heavy atom. The average molecular weight is 348 g/mol. The third-order valence-corrected chi connectivity index (χ3v) is 5.11. The van der Waals surface area contributed by atoms with Gasteiger partial charge in [0, 0.05) is 37.2 Å². The van der Waals surface area contributed by atoms with Gasteiger partial charge in [0.05, 0.1) is 6.10 Å². The second-order valence-corrected chi connectivity index (χ2v) is 6.92. The largest absolute Gasteiger partial charge is 0.392 e. The first kappa shape index (κ1) is 17.0. The maximum atomic E-state index is 9.95. The Morgan fingerprint density at radius 2 is 1.73 bits per heavy atom. The smallest absolute Gasteiger partial charge is 0.143 e. The molecule has 2 aromatic carbocycles. The molecule has 0 saturated heterocycles. The van der Waals surface area contributed by atoms with Crippen LogP contribution in [0.2, 0.25) is 0 Å². The molecule has 134 valence electrons. The molecule has 1 aliphatic rings. The molecule has 1 aromatic heterocycles. The molecule has 1 atom stereocenters. The van der Waals surface area contributed by atoms with Gasteiger partial charge in [-0.2, -0.15) is 0 Å². The minimum Gasteiger partial charge on any atom is -0.392 e. The Morgan fingerprint density at radius 1 is 1.04 bits per heavy atom. The van der Waals surface area contributed by atoms with Gasteiger partial charge in [0.1, 0.15) is 11.5 Å². The second-order valence-electron chi connectivity index (χ2n) is 6.92. The molecule has 3 aromatic rings. The van der Waals surface area contributed by atoms with Crippen molar-refractivity contribution < 1.29 is 9.63 Å². The third kappa shape index (κ3) is 3.43. The van der Waals surface area contributed by atoms with E-state index in [0.717, 1.165) is 48.5 Å². The summed E-state index contributed by atoms with van der Waals surface area (Å²) in [7, 11) is 0. The van der Waals surface area contributed by atoms with E-state index in [4.69, 9.17) is 4.52 Å². The van der Waals surface area contributed by atoms with E-state index < -0.39 is 0 Å². The molecule has 4 nitrogen and oxygen atoms in total. The summed E-state index contributed by atoms with van der Waals surface area (Å²) in [5.74, 6) is 0.981. The number of hydrogen-bond donors (Lipinski definition) is 1. The molecule has 0 amide bonds. The van der Waals surface area contributed by atoms with Crippen molar-refractivity contribution in [1.82, 2.24) is 10.1 Å². The SMILES string of the molecule is CC[C@@H](O)CN1CCc2onc(-c3ccc(-c4ccccc4)cc3)c2C1. The molecule has 0 unspecified atom stereocenters. The van der Waals surface area contributed by atoms with Crippen LogP contribution >= 0.6 is 0 Å². The topological polar surface area (TPSA) is 49.5 Å². The van der Waals surface area contributed by atoms with E-state index in [9.17, 15) is 5.11 Å². The van der Waals surface area contributed by atoms with Gasteiger partial charge in [-0.15, -0.1) is 0 Å². The summed E-state index contributed by atoms with van der Waals surface area (Å²) in [4.78, 5) is 2.29. The van der Waals surface area contributed by atoms with Gasteiger partial charge in [-0.25, -0.2) is 0 Å². The lowest BCUT2D eigenvalue weighted by atomic mass is 9.98. The second kappa shape index (κ2) is 7.44. The Kier molecular flexibility index (Phi) is 4.87. The molecular weight excluding hydrogens is 324 g/mol. The number of hydrogen-bond acceptors (Lipinski definition) is 4. The number of β-amino-alcohol motifs (C(OH)–C–C–N with tert-alkyl or cyclic N) is 1. The maximum Gasteiger partial charge on any atom is 0.143 e. The molecule has 0 aliphatic carbocycles. The standard InChI is InChI=1S/C22H24N2O2/c1-2-19(25)14-24-13-12-21-20(15-24)22(23-26-21)18-10-8-17(9-11-18)16-6-4-3-5-7-16/h3-11,19,25H,2,12-15H2,1H3/t19-/m1/s1. The minimum absolute atomic E-state index is 0.273. The highest BCUT2D eigenvalue weighted by Crippen LogP contribution is 2.31. The normalized spacial score (nSPS) is 15.6. The first-order chi connectivity index (χ1) is 12.7. The predicted molar refractivity (Wildman–Crippen MR) is 103 cm³/mol. The zero-order valence-corrected chi connectivity index (χ0v) is 15.1. The van der Waals surface area contributed by atoms with Crippen LogP contribution in [0.5, 0.6) is 0 Å². The highest BCUT2D eigenvalue weighted by Gasteiger charge is 2.25. The van der Waals surface area contributed by atoms with E-state index in [1.165, 1.54) is 11.1 Å². The van der Waals surface area contributed by atoms with Gasteiger partial charge < -0.3 is 9.63 Å². The van der Waals surface area contributed by atoms with E-state index in [2.05, 4.69) is 58.6 Å². The fourth-order valence-electron chi connectivity index (χ4n) is 3.53. The highest BCUT2D eigenvalue weighted by atomic mass is 16.5. The first-order valence-corrected chi connectivity index (χ1v) is 9.28. The van der Waals surface area contributed by atoms with Crippen LogP contribution in [-0.2, 0) is 13.0 Å². The minimum atomic E-state index is -0.273. The number of fused-ring (bicyclic) bond motifs is 1. The van der Waals surface area contributed by atoms with E-state index in [-0.39, 0.29) is 6.10 Å². The summed E-state index contributed by atoms with van der Waals surface area (Å²) in [6, 6.07) is 18.8. The molecule has 0 radical (unpaired) electrons. The van der Waals surface area contributed by atoms with Gasteiger partial charge in [-0.3, -0.25) is 4.90 Å². The highest BCUT2D eigenvalue weighted by molar-refractivity contribution is 5.70. The lowest BCUT2D eigenvalue weighted by molar-refractivity contribution is 0.100. The molecule has 4 heteroatoms. The van der Waals surface area contributed by atoms with E-state index in [0.29, 0.717) is 6.54 Å². The van der Waals surface area contributed by atoms with Crippen molar-refractivity contribution in [3.63, 3.8) is 0 Å². The Bertz CT molecular complexity index is 856. The molecule has 0 saturated carbocycles. The van der Waals surface area contributed by atoms with Crippen molar-refractivity contribution in [2.24, 2.45) is 0 Å². The summed E-state index contributed by atoms with van der Waals surface area (Å²) >= 11 is 0. The molecule has 1 N–H and O–H groups in total. The van der Waals surface area contributed by atoms with Gasteiger partial charge in [-0.05, 0) is 17.5 Å². The number of aromatic nitrogens is 1. The summed E-state index contributed by atoms with van der Waals surface area (Å²) in [6.07, 6.45) is 1.35. The summed E-state index contributed by atoms with van der Waals surface area (Å²) < 4.78 is 5.60. The zero-order valence-electron chi connectivity index (χ0n) is 15.1. The van der Waals surface area contributed by atoms with E-state index in [1.54, 1.807) is 0 Å². The average Bonchev–Trinajstić information content (AvgIpc) is 3.12. The molecule has 1 aliphatic heterocycles. The van der Waals surface area contributed by atoms with Crippen molar-refractivity contribution in [3.05, 3.63) is 65.9 Å². The monoisotopic (exact) mass is 348 g/mol. The Hall–Kier alpha value is -2.43. The summed E-state index contributed by atoms with van der Waals surface area (Å²) in [5.41, 5.74) is 5.57. The first-order valence-electron chi connectivity index (χ1n) is 9.28. The summed E-state index contributed by atoms with van der Waals surface area (Å²) in [6.45, 7) is 4.41. The van der Waals surface area contributed by atoms with Crippen molar-refractivity contribution >= 4 is 0 Å². The lowest BCUT2D eigenvalue weighted by Crippen LogP contribution is -2.36. The zero-order chi connectivity index (χ0) is 17.9. The Labute approximate surface area is 154 Å². The van der Waals surface area contributed by atoms with Crippen LogP contribution in [0.4, 0.5) is 0 Å². The van der Waals surface area contributed by atoms with Crippen LogP contribution in [-0.4, -0.2) is 34.4 Å². The van der Waals surface area contributed by atoms with Crippen molar-refractivity contribution in [3.8, 4) is 22.4 Å². The van der Waals surface area contributed by atoms with Crippen LogP contribution in [0.1, 0.15) is 24.7 Å². The van der Waals surface area contributed by atoms with Crippen LogP contribution in [0.3, 0.4) is 0 Å². The van der Waals surface area contributed by atoms with Crippen LogP contribution < -0.4 is 0 Å². The lowest BCUT2D eigenvalue weighted by Gasteiger charge is -2.27. The molecule has 0 bridgehead atoms. The van der Waals surface area contributed by atoms with E-state index in [1.807, 2.05) is 13.0 Å². The van der Waals surface area contributed by atoms with Gasteiger partial charge in [0.2, 0.25) is 0 Å². The number of rotatable bonds is 5. The number of benzene rings is 2. The number of aliphatic hydroxyl groups is 1. The van der Waals surface area contributed by atoms with Gasteiger partial charge in [0.25, 0.3) is 0 Å². The fourth-order valence-corrected chi connectivity index (χ4v) is 3.53. The quantitative estimate of drug-likeness (QED) is 0.753. The Balaban J connectivity index is 1.57. The van der Waals surface area contributed by atoms with Crippen LogP contribution in [0.15, 0.2) is 59.1 Å². The van der Waals surface area contributed by atoms with E-state index >= 15 is 0 Å². The predicted octanol–water partition coefficient (Wildman–Crippen LogP) is 4.14. The third-order valence-electron chi connectivity index (χ3n) is 5.11.